The number of alkyl halides is 3. The zero-order valence-electron chi connectivity index (χ0n) is 13.0. The van der Waals surface area contributed by atoms with Crippen molar-refractivity contribution in [1.29, 1.82) is 0 Å². The number of benzene rings is 2. The zero-order valence-corrected chi connectivity index (χ0v) is 13.0. The Bertz CT molecular complexity index is 847. The first-order valence-electron chi connectivity index (χ1n) is 7.35. The van der Waals surface area contributed by atoms with Crippen LogP contribution in [0.5, 0.6) is 0 Å². The van der Waals surface area contributed by atoms with Gasteiger partial charge in [0.15, 0.2) is 0 Å². The van der Waals surface area contributed by atoms with Gasteiger partial charge in [0.1, 0.15) is 5.70 Å². The Balaban J connectivity index is 1.92. The summed E-state index contributed by atoms with van der Waals surface area (Å²) in [7, 11) is 0. The van der Waals surface area contributed by atoms with E-state index in [1.165, 1.54) is 12.1 Å². The first-order chi connectivity index (χ1) is 11.8. The molecule has 3 rings (SSSR count). The Morgan fingerprint density at radius 1 is 0.960 bits per heavy atom. The predicted octanol–water partition coefficient (Wildman–Crippen LogP) is 4.19. The van der Waals surface area contributed by atoms with Crippen molar-refractivity contribution in [1.82, 2.24) is 4.90 Å². The minimum Gasteiger partial charge on any atom is -0.267 e. The molecule has 3 amide bonds. The first-order valence-corrected chi connectivity index (χ1v) is 7.35. The van der Waals surface area contributed by atoms with Crippen molar-refractivity contribution in [2.75, 3.05) is 4.90 Å². The molecule has 1 heterocycles. The molecule has 1 saturated heterocycles. The fourth-order valence-electron chi connectivity index (χ4n) is 2.57. The molecule has 128 valence electrons. The van der Waals surface area contributed by atoms with Gasteiger partial charge in [-0.1, -0.05) is 43.0 Å². The van der Waals surface area contributed by atoms with Crippen molar-refractivity contribution in [3.63, 3.8) is 0 Å². The SMILES string of the molecule is C=C1C(=O)N(Cc2ccccc2)C(=O)N1c1cccc(C(F)(F)F)c1. The number of carbonyl (C=O) groups excluding carboxylic acids is 2. The van der Waals surface area contributed by atoms with Crippen LogP contribution in [0.2, 0.25) is 0 Å². The van der Waals surface area contributed by atoms with Crippen LogP contribution >= 0.6 is 0 Å². The topological polar surface area (TPSA) is 40.6 Å². The normalized spacial score (nSPS) is 15.2. The highest BCUT2D eigenvalue weighted by Gasteiger charge is 2.41. The van der Waals surface area contributed by atoms with Crippen LogP contribution in [0.4, 0.5) is 23.7 Å². The Hall–Kier alpha value is -3.09. The van der Waals surface area contributed by atoms with Crippen molar-refractivity contribution >= 4 is 17.6 Å². The molecule has 0 bridgehead atoms. The molecule has 0 aliphatic carbocycles. The largest absolute Gasteiger partial charge is 0.416 e. The number of hydrogen-bond acceptors (Lipinski definition) is 2. The summed E-state index contributed by atoms with van der Waals surface area (Å²) in [6, 6.07) is 12.3. The summed E-state index contributed by atoms with van der Waals surface area (Å²) in [4.78, 5) is 26.8. The molecule has 1 fully saturated rings. The van der Waals surface area contributed by atoms with E-state index in [4.69, 9.17) is 0 Å². The number of hydrogen-bond donors (Lipinski definition) is 0. The van der Waals surface area contributed by atoms with Crippen LogP contribution in [0, 0.1) is 0 Å². The summed E-state index contributed by atoms with van der Waals surface area (Å²) in [5.41, 5.74) is -0.406. The molecule has 0 saturated carbocycles. The third kappa shape index (κ3) is 3.13. The van der Waals surface area contributed by atoms with E-state index in [0.717, 1.165) is 27.5 Å². The fourth-order valence-corrected chi connectivity index (χ4v) is 2.57. The van der Waals surface area contributed by atoms with Gasteiger partial charge in [0.05, 0.1) is 17.8 Å². The lowest BCUT2D eigenvalue weighted by atomic mass is 10.2. The maximum Gasteiger partial charge on any atom is 0.416 e. The number of amides is 3. The zero-order chi connectivity index (χ0) is 18.2. The Labute approximate surface area is 141 Å². The molecular formula is C18H13F3N2O2. The smallest absolute Gasteiger partial charge is 0.267 e. The molecule has 0 spiro atoms. The van der Waals surface area contributed by atoms with Crippen LogP contribution in [-0.2, 0) is 17.5 Å². The van der Waals surface area contributed by atoms with Gasteiger partial charge in [0, 0.05) is 0 Å². The number of nitrogens with zero attached hydrogens (tertiary/aromatic N) is 2. The molecule has 4 nitrogen and oxygen atoms in total. The van der Waals surface area contributed by atoms with Gasteiger partial charge in [-0.2, -0.15) is 13.2 Å². The van der Waals surface area contributed by atoms with E-state index in [9.17, 15) is 22.8 Å². The highest BCUT2D eigenvalue weighted by Crippen LogP contribution is 2.34. The summed E-state index contributed by atoms with van der Waals surface area (Å²) in [6.07, 6.45) is -4.55. The summed E-state index contributed by atoms with van der Waals surface area (Å²) in [6.45, 7) is 3.58. The molecule has 2 aromatic rings. The van der Waals surface area contributed by atoms with Crippen LogP contribution in [0.3, 0.4) is 0 Å². The number of imide groups is 1. The molecule has 7 heteroatoms. The van der Waals surface area contributed by atoms with Gasteiger partial charge >= 0.3 is 12.2 Å². The maximum absolute atomic E-state index is 12.9. The van der Waals surface area contributed by atoms with Crippen molar-refractivity contribution in [2.45, 2.75) is 12.7 Å². The van der Waals surface area contributed by atoms with E-state index < -0.39 is 23.7 Å². The Morgan fingerprint density at radius 3 is 2.28 bits per heavy atom. The van der Waals surface area contributed by atoms with Crippen molar-refractivity contribution in [3.05, 3.63) is 78.0 Å². The summed E-state index contributed by atoms with van der Waals surface area (Å²) in [5, 5.41) is 0. The van der Waals surface area contributed by atoms with Gasteiger partial charge < -0.3 is 0 Å². The standard InChI is InChI=1S/C18H13F3N2O2/c1-12-16(24)22(11-13-6-3-2-4-7-13)17(25)23(12)15-9-5-8-14(10-15)18(19,20)21/h2-10H,1,11H2. The molecule has 1 aliphatic heterocycles. The third-order valence-corrected chi connectivity index (χ3v) is 3.80. The highest BCUT2D eigenvalue weighted by molar-refractivity contribution is 6.20. The number of rotatable bonds is 3. The van der Waals surface area contributed by atoms with E-state index >= 15 is 0 Å². The predicted molar refractivity (Wildman–Crippen MR) is 85.5 cm³/mol. The van der Waals surface area contributed by atoms with E-state index in [1.54, 1.807) is 30.3 Å². The van der Waals surface area contributed by atoms with Gasteiger partial charge in [-0.25, -0.2) is 4.79 Å². The lowest BCUT2D eigenvalue weighted by molar-refractivity contribution is -0.137. The van der Waals surface area contributed by atoms with E-state index in [0.29, 0.717) is 0 Å². The Morgan fingerprint density at radius 2 is 1.64 bits per heavy atom. The van der Waals surface area contributed by atoms with Gasteiger partial charge in [0.25, 0.3) is 5.91 Å². The molecule has 0 N–H and O–H groups in total. The van der Waals surface area contributed by atoms with E-state index in [-0.39, 0.29) is 17.9 Å². The molecule has 1 aliphatic rings. The lowest BCUT2D eigenvalue weighted by Crippen LogP contribution is -2.32. The molecule has 25 heavy (non-hydrogen) atoms. The molecule has 0 aromatic heterocycles. The molecule has 0 atom stereocenters. The summed E-state index contributed by atoms with van der Waals surface area (Å²) >= 11 is 0. The van der Waals surface area contributed by atoms with Crippen molar-refractivity contribution in [3.8, 4) is 0 Å². The fraction of sp³-hybridized carbons (Fsp3) is 0.111. The second kappa shape index (κ2) is 6.08. The second-order valence-electron chi connectivity index (χ2n) is 5.49. The number of halogens is 3. The average molecular weight is 346 g/mol. The highest BCUT2D eigenvalue weighted by atomic mass is 19.4. The van der Waals surface area contributed by atoms with Crippen LogP contribution in [-0.4, -0.2) is 16.8 Å². The van der Waals surface area contributed by atoms with Crippen LogP contribution in [0.25, 0.3) is 0 Å². The van der Waals surface area contributed by atoms with Gasteiger partial charge in [-0.05, 0) is 23.8 Å². The van der Waals surface area contributed by atoms with Crippen molar-refractivity contribution < 1.29 is 22.8 Å². The van der Waals surface area contributed by atoms with Gasteiger partial charge in [-0.15, -0.1) is 0 Å². The molecule has 0 unspecified atom stereocenters. The van der Waals surface area contributed by atoms with E-state index in [2.05, 4.69) is 6.58 Å². The third-order valence-electron chi connectivity index (χ3n) is 3.80. The van der Waals surface area contributed by atoms with Gasteiger partial charge in [-0.3, -0.25) is 14.6 Å². The summed E-state index contributed by atoms with van der Waals surface area (Å²) in [5.74, 6) is -0.633. The molecular weight excluding hydrogens is 333 g/mol. The van der Waals surface area contributed by atoms with E-state index in [1.807, 2.05) is 0 Å². The first kappa shape index (κ1) is 16.8. The lowest BCUT2D eigenvalue weighted by Gasteiger charge is -2.18. The van der Waals surface area contributed by atoms with Crippen LogP contribution in [0.1, 0.15) is 11.1 Å². The minimum absolute atomic E-state index is 0.0208. The molecule has 0 radical (unpaired) electrons. The second-order valence-corrected chi connectivity index (χ2v) is 5.49. The average Bonchev–Trinajstić information content (AvgIpc) is 2.79. The van der Waals surface area contributed by atoms with Crippen LogP contribution in [0.15, 0.2) is 66.9 Å². The quantitative estimate of drug-likeness (QED) is 0.618. The monoisotopic (exact) mass is 346 g/mol. The Kier molecular flexibility index (Phi) is 4.08. The van der Waals surface area contributed by atoms with Gasteiger partial charge in [0.2, 0.25) is 0 Å². The van der Waals surface area contributed by atoms with Crippen LogP contribution < -0.4 is 4.90 Å². The number of anilines is 1. The number of carbonyl (C=O) groups is 2. The molecule has 2 aromatic carbocycles. The minimum atomic E-state index is -4.55. The van der Waals surface area contributed by atoms with Crippen molar-refractivity contribution in [2.24, 2.45) is 0 Å². The maximum atomic E-state index is 12.9. The number of urea groups is 1. The summed E-state index contributed by atoms with van der Waals surface area (Å²) < 4.78 is 38.7.